The normalized spacial score (nSPS) is 11.8. The van der Waals surface area contributed by atoms with Crippen LogP contribution in [0.3, 0.4) is 0 Å². The van der Waals surface area contributed by atoms with Gasteiger partial charge < -0.3 is 9.30 Å². The predicted molar refractivity (Wildman–Crippen MR) is 197 cm³/mol. The number of hydrogen-bond donors (Lipinski definition) is 0. The maximum Gasteiger partial charge on any atom is 2.00 e. The number of ether oxygens (including phenoxy) is 1. The molecule has 0 aliphatic rings. The van der Waals surface area contributed by atoms with Gasteiger partial charge in [0.1, 0.15) is 5.82 Å². The Kier molecular flexibility index (Phi) is 9.69. The Morgan fingerprint density at radius 1 is 0.796 bits per heavy atom. The Hall–Kier alpha value is -4.47. The first-order valence-corrected chi connectivity index (χ1v) is 17.0. The van der Waals surface area contributed by atoms with Crippen LogP contribution in [0.2, 0.25) is 0 Å². The van der Waals surface area contributed by atoms with Crippen LogP contribution in [0, 0.1) is 12.1 Å². The van der Waals surface area contributed by atoms with E-state index in [1.54, 1.807) is 0 Å². The summed E-state index contributed by atoms with van der Waals surface area (Å²) in [5.41, 5.74) is 10.0. The molecule has 3 aromatic heterocycles. The zero-order chi connectivity index (χ0) is 33.6. The minimum Gasteiger partial charge on any atom is -0.509 e. The summed E-state index contributed by atoms with van der Waals surface area (Å²) in [4.78, 5) is 4.85. The Morgan fingerprint density at radius 3 is 2.29 bits per heavy atom. The SMILES string of the molecule is CCc1nn(-c2[c-]c(Oc3[c-]c4c(cc3)c3cc(C(C)C)ccc3n4-c3cc(C(C)(C)C)ccn3)ccc2)c(CC)c1-c1ccccc1.[Pt+2]. The molecular weight excluding hydrogens is 784 g/mol. The number of pyridine rings is 1. The molecule has 0 atom stereocenters. The van der Waals surface area contributed by atoms with E-state index in [-0.39, 0.29) is 26.5 Å². The monoisotopic (exact) mass is 825 g/mol. The molecule has 0 radical (unpaired) electrons. The summed E-state index contributed by atoms with van der Waals surface area (Å²) in [5, 5.41) is 7.36. The average molecular weight is 826 g/mol. The smallest absolute Gasteiger partial charge is 0.509 e. The topological polar surface area (TPSA) is 44.9 Å². The van der Waals surface area contributed by atoms with E-state index in [1.807, 2.05) is 35.1 Å². The van der Waals surface area contributed by atoms with Crippen LogP contribution in [-0.4, -0.2) is 19.3 Å². The van der Waals surface area contributed by atoms with E-state index < -0.39 is 0 Å². The third-order valence-electron chi connectivity index (χ3n) is 9.17. The molecule has 0 saturated heterocycles. The number of aryl methyl sites for hydroxylation is 1. The van der Waals surface area contributed by atoms with Crippen molar-refractivity contribution in [3.8, 4) is 34.1 Å². The maximum atomic E-state index is 6.51. The van der Waals surface area contributed by atoms with Crippen LogP contribution in [0.5, 0.6) is 11.5 Å². The second-order valence-corrected chi connectivity index (χ2v) is 13.8. The number of nitrogens with zero attached hydrogens (tertiary/aromatic N) is 4. The maximum absolute atomic E-state index is 6.51. The number of hydrogen-bond acceptors (Lipinski definition) is 3. The van der Waals surface area contributed by atoms with Crippen LogP contribution in [0.1, 0.15) is 76.9 Å². The van der Waals surface area contributed by atoms with Crippen molar-refractivity contribution in [2.45, 2.75) is 72.6 Å². The molecule has 3 heterocycles. The van der Waals surface area contributed by atoms with Gasteiger partial charge in [-0.15, -0.1) is 35.7 Å². The summed E-state index contributed by atoms with van der Waals surface area (Å²) >= 11 is 0. The molecule has 0 bridgehead atoms. The average Bonchev–Trinajstić information content (AvgIpc) is 3.63. The van der Waals surface area contributed by atoms with Gasteiger partial charge in [-0.3, -0.25) is 4.68 Å². The molecule has 4 aromatic carbocycles. The van der Waals surface area contributed by atoms with Gasteiger partial charge in [-0.05, 0) is 70.1 Å². The molecule has 0 amide bonds. The first kappa shape index (κ1) is 34.4. The van der Waals surface area contributed by atoms with Gasteiger partial charge in [-0.25, -0.2) is 4.98 Å². The molecule has 0 saturated carbocycles. The van der Waals surface area contributed by atoms with E-state index in [2.05, 4.69) is 132 Å². The summed E-state index contributed by atoms with van der Waals surface area (Å²) in [5.74, 6) is 2.52. The van der Waals surface area contributed by atoms with Crippen LogP contribution in [0.25, 0.3) is 44.4 Å². The van der Waals surface area contributed by atoms with Crippen molar-refractivity contribution in [1.29, 1.82) is 0 Å². The molecule has 7 aromatic rings. The second-order valence-electron chi connectivity index (χ2n) is 13.8. The Morgan fingerprint density at radius 2 is 1.57 bits per heavy atom. The van der Waals surface area contributed by atoms with Crippen molar-refractivity contribution in [2.24, 2.45) is 0 Å². The third-order valence-corrected chi connectivity index (χ3v) is 9.17. The van der Waals surface area contributed by atoms with Gasteiger partial charge in [0.2, 0.25) is 0 Å². The molecule has 0 aliphatic heterocycles. The molecule has 6 heteroatoms. The quantitative estimate of drug-likeness (QED) is 0.143. The van der Waals surface area contributed by atoms with Crippen LogP contribution in [-0.2, 0) is 39.3 Å². The summed E-state index contributed by atoms with van der Waals surface area (Å²) in [7, 11) is 0. The Labute approximate surface area is 304 Å². The van der Waals surface area contributed by atoms with Crippen molar-refractivity contribution in [2.75, 3.05) is 0 Å². The molecule has 250 valence electrons. The van der Waals surface area contributed by atoms with Gasteiger partial charge in [-0.1, -0.05) is 96.4 Å². The van der Waals surface area contributed by atoms with Crippen LogP contribution < -0.4 is 4.74 Å². The summed E-state index contributed by atoms with van der Waals surface area (Å²) in [6, 6.07) is 38.8. The van der Waals surface area contributed by atoms with E-state index in [0.29, 0.717) is 17.4 Å². The first-order chi connectivity index (χ1) is 23.2. The third kappa shape index (κ3) is 6.49. The van der Waals surface area contributed by atoms with Crippen LogP contribution in [0.4, 0.5) is 0 Å². The van der Waals surface area contributed by atoms with Gasteiger partial charge in [-0.2, -0.15) is 17.2 Å². The summed E-state index contributed by atoms with van der Waals surface area (Å²) < 4.78 is 10.8. The van der Waals surface area contributed by atoms with Gasteiger partial charge >= 0.3 is 21.1 Å². The fourth-order valence-corrected chi connectivity index (χ4v) is 6.56. The van der Waals surface area contributed by atoms with E-state index in [0.717, 1.165) is 52.2 Å². The van der Waals surface area contributed by atoms with Gasteiger partial charge in [0.15, 0.2) is 0 Å². The summed E-state index contributed by atoms with van der Waals surface area (Å²) in [6.07, 6.45) is 3.59. The van der Waals surface area contributed by atoms with Crippen LogP contribution >= 0.6 is 0 Å². The number of benzene rings is 4. The fourth-order valence-electron chi connectivity index (χ4n) is 6.56. The minimum absolute atomic E-state index is 0. The largest absolute Gasteiger partial charge is 2.00 e. The van der Waals surface area contributed by atoms with E-state index in [1.165, 1.54) is 27.6 Å². The Balaban J connectivity index is 0.00000417. The minimum atomic E-state index is -0.00787. The second kappa shape index (κ2) is 13.8. The molecular formula is C43H42N4OPt. The van der Waals surface area contributed by atoms with Crippen molar-refractivity contribution in [3.05, 3.63) is 132 Å². The fraction of sp³-hybridized carbons (Fsp3) is 0.256. The molecule has 5 nitrogen and oxygen atoms in total. The van der Waals surface area contributed by atoms with Crippen molar-refractivity contribution < 1.29 is 25.8 Å². The van der Waals surface area contributed by atoms with Crippen LogP contribution in [0.15, 0.2) is 97.2 Å². The zero-order valence-corrected chi connectivity index (χ0v) is 31.5. The summed E-state index contributed by atoms with van der Waals surface area (Å²) in [6.45, 7) is 15.5. The molecule has 0 aliphatic carbocycles. The Bertz CT molecular complexity index is 2260. The predicted octanol–water partition coefficient (Wildman–Crippen LogP) is 11.0. The molecule has 0 unspecified atom stereocenters. The van der Waals surface area contributed by atoms with Gasteiger partial charge in [0, 0.05) is 34.5 Å². The van der Waals surface area contributed by atoms with Crippen molar-refractivity contribution in [3.63, 3.8) is 0 Å². The molecule has 49 heavy (non-hydrogen) atoms. The van der Waals surface area contributed by atoms with E-state index >= 15 is 0 Å². The standard InChI is InChI=1S/C43H42N4O.Pt/c1-8-37-42(29-14-11-10-12-15-29)38(9-2)47(45-37)32-16-13-17-33(26-32)48-34-19-20-35-36-24-30(28(3)4)18-21-39(36)46(40(35)27-34)41-25-31(22-23-44-41)43(5,6)7;/h10-25,28H,8-9H2,1-7H3;/q-2;+2. The van der Waals surface area contributed by atoms with Crippen molar-refractivity contribution in [1.82, 2.24) is 19.3 Å². The molecule has 0 fully saturated rings. The number of aromatic nitrogens is 4. The molecule has 7 rings (SSSR count). The van der Waals surface area contributed by atoms with Gasteiger partial charge in [0.25, 0.3) is 0 Å². The molecule has 0 spiro atoms. The zero-order valence-electron chi connectivity index (χ0n) is 29.2. The van der Waals surface area contributed by atoms with Gasteiger partial charge in [0.05, 0.1) is 5.69 Å². The molecule has 0 N–H and O–H groups in total. The first-order valence-electron chi connectivity index (χ1n) is 17.0. The van der Waals surface area contributed by atoms with E-state index in [4.69, 9.17) is 14.8 Å². The number of fused-ring (bicyclic) bond motifs is 3. The van der Waals surface area contributed by atoms with E-state index in [9.17, 15) is 0 Å². The number of rotatable bonds is 8. The van der Waals surface area contributed by atoms with Crippen molar-refractivity contribution >= 4 is 21.8 Å².